The Morgan fingerprint density at radius 2 is 2.05 bits per heavy atom. The molecule has 0 saturated carbocycles. The van der Waals surface area contributed by atoms with E-state index in [-0.39, 0.29) is 17.6 Å². The normalized spacial score (nSPS) is 21.1. The maximum absolute atomic E-state index is 11.5. The zero-order chi connectivity index (χ0) is 14.8. The van der Waals surface area contributed by atoms with Crippen LogP contribution in [0.25, 0.3) is 0 Å². The van der Waals surface area contributed by atoms with Crippen LogP contribution in [0.1, 0.15) is 31.7 Å². The SMILES string of the molecule is CNc1ncnc(NCC2CCS(=O)(=O)C2)c1C(C)C. The van der Waals surface area contributed by atoms with Gasteiger partial charge in [-0.3, -0.25) is 0 Å². The Morgan fingerprint density at radius 3 is 2.60 bits per heavy atom. The predicted octanol–water partition coefficient (Wildman–Crippen LogP) is 1.49. The third-order valence-electron chi connectivity index (χ3n) is 3.58. The highest BCUT2D eigenvalue weighted by Gasteiger charge is 2.28. The average molecular weight is 298 g/mol. The first kappa shape index (κ1) is 15.0. The Bertz CT molecular complexity index is 572. The smallest absolute Gasteiger partial charge is 0.150 e. The van der Waals surface area contributed by atoms with Gasteiger partial charge in [-0.15, -0.1) is 0 Å². The summed E-state index contributed by atoms with van der Waals surface area (Å²) in [5, 5.41) is 6.36. The molecule has 1 atom stereocenters. The fourth-order valence-electron chi connectivity index (χ4n) is 2.56. The van der Waals surface area contributed by atoms with Gasteiger partial charge in [0.2, 0.25) is 0 Å². The highest BCUT2D eigenvalue weighted by Crippen LogP contribution is 2.28. The van der Waals surface area contributed by atoms with Crippen LogP contribution < -0.4 is 10.6 Å². The largest absolute Gasteiger partial charge is 0.373 e. The van der Waals surface area contributed by atoms with E-state index in [1.165, 1.54) is 6.33 Å². The van der Waals surface area contributed by atoms with Crippen LogP contribution in [0, 0.1) is 5.92 Å². The molecule has 2 N–H and O–H groups in total. The highest BCUT2D eigenvalue weighted by molar-refractivity contribution is 7.91. The van der Waals surface area contributed by atoms with Crippen molar-refractivity contribution in [2.75, 3.05) is 35.7 Å². The second-order valence-electron chi connectivity index (χ2n) is 5.54. The van der Waals surface area contributed by atoms with Gasteiger partial charge in [-0.1, -0.05) is 13.8 Å². The molecule has 2 rings (SSSR count). The van der Waals surface area contributed by atoms with Gasteiger partial charge in [-0.25, -0.2) is 18.4 Å². The number of nitrogens with zero attached hydrogens (tertiary/aromatic N) is 2. The quantitative estimate of drug-likeness (QED) is 0.857. The van der Waals surface area contributed by atoms with Crippen LogP contribution >= 0.6 is 0 Å². The molecule has 2 heterocycles. The van der Waals surface area contributed by atoms with Gasteiger partial charge < -0.3 is 10.6 Å². The maximum atomic E-state index is 11.5. The first-order chi connectivity index (χ1) is 9.43. The first-order valence-corrected chi connectivity index (χ1v) is 8.72. The monoisotopic (exact) mass is 298 g/mol. The van der Waals surface area contributed by atoms with Gasteiger partial charge in [-0.2, -0.15) is 0 Å². The standard InChI is InChI=1S/C13H22N4O2S/c1-9(2)11-12(14-3)16-8-17-13(11)15-6-10-4-5-20(18,19)7-10/h8-10H,4-7H2,1-3H3,(H2,14,15,16,17). The zero-order valence-corrected chi connectivity index (χ0v) is 13.0. The van der Waals surface area contributed by atoms with E-state index in [1.54, 1.807) is 0 Å². The second-order valence-corrected chi connectivity index (χ2v) is 7.77. The number of sulfone groups is 1. The van der Waals surface area contributed by atoms with Crippen molar-refractivity contribution >= 4 is 21.5 Å². The molecule has 112 valence electrons. The number of hydrogen-bond donors (Lipinski definition) is 2. The molecule has 1 aromatic rings. The fourth-order valence-corrected chi connectivity index (χ4v) is 4.42. The minimum atomic E-state index is -2.82. The summed E-state index contributed by atoms with van der Waals surface area (Å²) in [5.74, 6) is 2.66. The van der Waals surface area contributed by atoms with Gasteiger partial charge in [0.15, 0.2) is 9.84 Å². The zero-order valence-electron chi connectivity index (χ0n) is 12.2. The summed E-state index contributed by atoms with van der Waals surface area (Å²) in [6, 6.07) is 0. The van der Waals surface area contributed by atoms with Gasteiger partial charge in [-0.05, 0) is 18.3 Å². The Labute approximate surface area is 120 Å². The van der Waals surface area contributed by atoms with E-state index in [0.29, 0.717) is 12.3 Å². The van der Waals surface area contributed by atoms with Gasteiger partial charge in [0, 0.05) is 19.2 Å². The van der Waals surface area contributed by atoms with Crippen LogP contribution in [0.3, 0.4) is 0 Å². The Morgan fingerprint density at radius 1 is 1.35 bits per heavy atom. The topological polar surface area (TPSA) is 84.0 Å². The van der Waals surface area contributed by atoms with Crippen LogP contribution in [-0.2, 0) is 9.84 Å². The first-order valence-electron chi connectivity index (χ1n) is 6.90. The molecule has 0 spiro atoms. The summed E-state index contributed by atoms with van der Waals surface area (Å²) < 4.78 is 22.9. The molecule has 1 aliphatic rings. The summed E-state index contributed by atoms with van der Waals surface area (Å²) in [4.78, 5) is 8.52. The molecule has 1 aliphatic heterocycles. The van der Waals surface area contributed by atoms with E-state index in [1.807, 2.05) is 7.05 Å². The Hall–Kier alpha value is -1.37. The third-order valence-corrected chi connectivity index (χ3v) is 5.42. The van der Waals surface area contributed by atoms with Crippen molar-refractivity contribution in [2.24, 2.45) is 5.92 Å². The molecule has 1 fully saturated rings. The summed E-state index contributed by atoms with van der Waals surface area (Å²) in [6.45, 7) is 4.81. The highest BCUT2D eigenvalue weighted by atomic mass is 32.2. The lowest BCUT2D eigenvalue weighted by molar-refractivity contribution is 0.595. The van der Waals surface area contributed by atoms with Crippen LogP contribution in [-0.4, -0.2) is 43.5 Å². The molecule has 0 aromatic carbocycles. The minimum absolute atomic E-state index is 0.174. The molecular weight excluding hydrogens is 276 g/mol. The van der Waals surface area contributed by atoms with Gasteiger partial charge in [0.1, 0.15) is 18.0 Å². The van der Waals surface area contributed by atoms with Crippen LogP contribution in [0.2, 0.25) is 0 Å². The van der Waals surface area contributed by atoms with Crippen LogP contribution in [0.15, 0.2) is 6.33 Å². The number of anilines is 2. The Balaban J connectivity index is 2.10. The summed E-state index contributed by atoms with van der Waals surface area (Å²) in [7, 11) is -0.989. The third kappa shape index (κ3) is 3.39. The fraction of sp³-hybridized carbons (Fsp3) is 0.692. The maximum Gasteiger partial charge on any atom is 0.150 e. The lowest BCUT2D eigenvalue weighted by atomic mass is 10.0. The molecule has 7 heteroatoms. The van der Waals surface area contributed by atoms with E-state index < -0.39 is 9.84 Å². The molecule has 0 radical (unpaired) electrons. The minimum Gasteiger partial charge on any atom is -0.373 e. The summed E-state index contributed by atoms with van der Waals surface area (Å²) in [6.07, 6.45) is 2.25. The molecule has 6 nitrogen and oxygen atoms in total. The molecular formula is C13H22N4O2S. The van der Waals surface area contributed by atoms with Crippen molar-refractivity contribution in [1.29, 1.82) is 0 Å². The Kier molecular flexibility index (Phi) is 4.47. The summed E-state index contributed by atoms with van der Waals surface area (Å²) in [5.41, 5.74) is 1.04. The molecule has 1 saturated heterocycles. The van der Waals surface area contributed by atoms with Crippen molar-refractivity contribution in [3.8, 4) is 0 Å². The van der Waals surface area contributed by atoms with Crippen molar-refractivity contribution < 1.29 is 8.42 Å². The average Bonchev–Trinajstić information content (AvgIpc) is 2.75. The number of nitrogens with one attached hydrogen (secondary N) is 2. The van der Waals surface area contributed by atoms with Crippen molar-refractivity contribution in [2.45, 2.75) is 26.2 Å². The van der Waals surface area contributed by atoms with Gasteiger partial charge in [0.05, 0.1) is 11.5 Å². The van der Waals surface area contributed by atoms with E-state index in [2.05, 4.69) is 34.4 Å². The number of hydrogen-bond acceptors (Lipinski definition) is 6. The van der Waals surface area contributed by atoms with E-state index in [0.717, 1.165) is 23.6 Å². The van der Waals surface area contributed by atoms with Crippen molar-refractivity contribution in [3.63, 3.8) is 0 Å². The number of rotatable bonds is 5. The van der Waals surface area contributed by atoms with Crippen LogP contribution in [0.5, 0.6) is 0 Å². The van der Waals surface area contributed by atoms with Crippen molar-refractivity contribution in [1.82, 2.24) is 9.97 Å². The predicted molar refractivity (Wildman–Crippen MR) is 80.9 cm³/mol. The van der Waals surface area contributed by atoms with Gasteiger partial charge >= 0.3 is 0 Å². The molecule has 0 amide bonds. The van der Waals surface area contributed by atoms with E-state index in [4.69, 9.17) is 0 Å². The molecule has 20 heavy (non-hydrogen) atoms. The molecule has 0 bridgehead atoms. The van der Waals surface area contributed by atoms with Crippen LogP contribution in [0.4, 0.5) is 11.6 Å². The van der Waals surface area contributed by atoms with Gasteiger partial charge in [0.25, 0.3) is 0 Å². The lowest BCUT2D eigenvalue weighted by Crippen LogP contribution is -2.18. The van der Waals surface area contributed by atoms with E-state index in [9.17, 15) is 8.42 Å². The molecule has 1 aromatic heterocycles. The van der Waals surface area contributed by atoms with Crippen molar-refractivity contribution in [3.05, 3.63) is 11.9 Å². The molecule has 0 aliphatic carbocycles. The lowest BCUT2D eigenvalue weighted by Gasteiger charge is -2.18. The second kappa shape index (κ2) is 5.95. The summed E-state index contributed by atoms with van der Waals surface area (Å²) >= 11 is 0. The molecule has 1 unspecified atom stereocenters. The number of aromatic nitrogens is 2. The van der Waals surface area contributed by atoms with E-state index >= 15 is 0 Å².